The summed E-state index contributed by atoms with van der Waals surface area (Å²) in [4.78, 5) is 0. The Kier molecular flexibility index (Phi) is 12.4. The summed E-state index contributed by atoms with van der Waals surface area (Å²) in [5.74, 6) is 0. The summed E-state index contributed by atoms with van der Waals surface area (Å²) in [7, 11) is 0. The van der Waals surface area contributed by atoms with Crippen LogP contribution in [0.15, 0.2) is 12.2 Å². The van der Waals surface area contributed by atoms with Crippen LogP contribution >= 0.6 is 0 Å². The van der Waals surface area contributed by atoms with Crippen molar-refractivity contribution in [3.05, 3.63) is 12.2 Å². The van der Waals surface area contributed by atoms with E-state index in [-0.39, 0.29) is 13.2 Å². The summed E-state index contributed by atoms with van der Waals surface area (Å²) >= 11 is 0. The van der Waals surface area contributed by atoms with Gasteiger partial charge in [0.05, 0.1) is 13.2 Å². The molecule has 0 saturated carbocycles. The predicted molar refractivity (Wildman–Crippen MR) is 94.9 cm³/mol. The molecule has 1 heterocycles. The van der Waals surface area contributed by atoms with Crippen molar-refractivity contribution in [2.24, 2.45) is 0 Å². The molecule has 5 nitrogen and oxygen atoms in total. The Morgan fingerprint density at radius 3 is 2.42 bits per heavy atom. The molecule has 0 aliphatic carbocycles. The van der Waals surface area contributed by atoms with E-state index in [1.54, 1.807) is 0 Å². The van der Waals surface area contributed by atoms with Crippen molar-refractivity contribution in [2.75, 3.05) is 19.8 Å². The minimum Gasteiger partial charge on any atom is -0.394 e. The lowest BCUT2D eigenvalue weighted by molar-refractivity contribution is -0.0938. The zero-order chi connectivity index (χ0) is 17.6. The van der Waals surface area contributed by atoms with Crippen LogP contribution in [0.25, 0.3) is 0 Å². The van der Waals surface area contributed by atoms with Gasteiger partial charge in [0.2, 0.25) is 0 Å². The van der Waals surface area contributed by atoms with Crippen molar-refractivity contribution in [3.8, 4) is 0 Å². The highest BCUT2D eigenvalue weighted by atomic mass is 16.6. The summed E-state index contributed by atoms with van der Waals surface area (Å²) in [5.41, 5.74) is 0. The molecule has 0 aromatic rings. The maximum Gasteiger partial charge on any atom is 0.114 e. The second kappa shape index (κ2) is 13.8. The van der Waals surface area contributed by atoms with Crippen molar-refractivity contribution in [1.82, 2.24) is 0 Å². The lowest BCUT2D eigenvalue weighted by Crippen LogP contribution is -2.42. The standard InChI is InChI=1S/C19H36O5/c1-2-3-4-5-6-7-8-9-10-11-12-13-23-19-17(22)15-24-18(19)16(21)14-20/h3-4,16-22H,2,5-15H2,1H3/b4-3+/t16-,17+,18+,19+/m1/s1. The molecule has 0 aromatic heterocycles. The van der Waals surface area contributed by atoms with Crippen LogP contribution in [0.1, 0.15) is 64.7 Å². The van der Waals surface area contributed by atoms with Crippen LogP contribution in [0.2, 0.25) is 0 Å². The first-order valence-corrected chi connectivity index (χ1v) is 9.55. The number of unbranched alkanes of at least 4 members (excludes halogenated alkanes) is 7. The van der Waals surface area contributed by atoms with Gasteiger partial charge in [-0.2, -0.15) is 0 Å². The molecular weight excluding hydrogens is 308 g/mol. The Morgan fingerprint density at radius 1 is 1.08 bits per heavy atom. The number of hydrogen-bond donors (Lipinski definition) is 3. The average Bonchev–Trinajstić information content (AvgIpc) is 2.96. The number of aliphatic hydroxyl groups excluding tert-OH is 3. The molecule has 1 aliphatic heterocycles. The molecule has 4 atom stereocenters. The molecule has 1 fully saturated rings. The SMILES string of the molecule is CC/C=C/CCCCCCCCCO[C@@H]1[C@H]([C@H](O)CO)OC[C@@H]1O. The van der Waals surface area contributed by atoms with Gasteiger partial charge in [-0.25, -0.2) is 0 Å². The fraction of sp³-hybridized carbons (Fsp3) is 0.895. The van der Waals surface area contributed by atoms with E-state index in [1.165, 1.54) is 38.5 Å². The largest absolute Gasteiger partial charge is 0.394 e. The highest BCUT2D eigenvalue weighted by Gasteiger charge is 2.40. The lowest BCUT2D eigenvalue weighted by atomic mass is 10.1. The molecule has 1 rings (SSSR count). The fourth-order valence-corrected chi connectivity index (χ4v) is 3.01. The zero-order valence-electron chi connectivity index (χ0n) is 15.1. The number of hydrogen-bond acceptors (Lipinski definition) is 5. The van der Waals surface area contributed by atoms with Gasteiger partial charge in [-0.05, 0) is 25.7 Å². The molecule has 142 valence electrons. The van der Waals surface area contributed by atoms with Crippen molar-refractivity contribution in [2.45, 2.75) is 89.1 Å². The van der Waals surface area contributed by atoms with Gasteiger partial charge < -0.3 is 24.8 Å². The Bertz CT molecular complexity index is 321. The van der Waals surface area contributed by atoms with Crippen LogP contribution in [0.5, 0.6) is 0 Å². The maximum absolute atomic E-state index is 9.83. The van der Waals surface area contributed by atoms with E-state index in [2.05, 4.69) is 19.1 Å². The van der Waals surface area contributed by atoms with E-state index in [9.17, 15) is 10.2 Å². The third-order valence-electron chi connectivity index (χ3n) is 4.46. The van der Waals surface area contributed by atoms with Gasteiger partial charge in [0.25, 0.3) is 0 Å². The molecule has 0 amide bonds. The van der Waals surface area contributed by atoms with Gasteiger partial charge in [-0.3, -0.25) is 0 Å². The number of rotatable bonds is 14. The Labute approximate surface area is 146 Å². The topological polar surface area (TPSA) is 79.2 Å². The van der Waals surface area contributed by atoms with E-state index in [0.717, 1.165) is 19.3 Å². The predicted octanol–water partition coefficient (Wildman–Crippen LogP) is 2.57. The van der Waals surface area contributed by atoms with E-state index in [4.69, 9.17) is 14.6 Å². The van der Waals surface area contributed by atoms with Gasteiger partial charge >= 0.3 is 0 Å². The normalized spacial score (nSPS) is 25.6. The molecule has 0 unspecified atom stereocenters. The van der Waals surface area contributed by atoms with Gasteiger partial charge in [0, 0.05) is 6.61 Å². The summed E-state index contributed by atoms with van der Waals surface area (Å²) < 4.78 is 11.0. The monoisotopic (exact) mass is 344 g/mol. The highest BCUT2D eigenvalue weighted by molar-refractivity contribution is 4.89. The van der Waals surface area contributed by atoms with Crippen molar-refractivity contribution in [1.29, 1.82) is 0 Å². The van der Waals surface area contributed by atoms with Crippen LogP contribution in [-0.4, -0.2) is 59.6 Å². The van der Waals surface area contributed by atoms with Crippen LogP contribution in [0.4, 0.5) is 0 Å². The Balaban J connectivity index is 1.97. The Hall–Kier alpha value is -0.460. The third-order valence-corrected chi connectivity index (χ3v) is 4.46. The van der Waals surface area contributed by atoms with Crippen LogP contribution in [-0.2, 0) is 9.47 Å². The van der Waals surface area contributed by atoms with Gasteiger partial charge in [-0.15, -0.1) is 0 Å². The van der Waals surface area contributed by atoms with Gasteiger partial charge in [0.15, 0.2) is 0 Å². The Morgan fingerprint density at radius 2 is 1.75 bits per heavy atom. The lowest BCUT2D eigenvalue weighted by Gasteiger charge is -2.23. The van der Waals surface area contributed by atoms with E-state index in [1.807, 2.05) is 0 Å². The first kappa shape index (κ1) is 21.6. The molecule has 0 radical (unpaired) electrons. The van der Waals surface area contributed by atoms with Crippen molar-refractivity contribution < 1.29 is 24.8 Å². The van der Waals surface area contributed by atoms with Crippen LogP contribution in [0.3, 0.4) is 0 Å². The molecular formula is C19H36O5. The first-order chi connectivity index (χ1) is 11.7. The molecule has 5 heteroatoms. The second-order valence-corrected chi connectivity index (χ2v) is 6.59. The smallest absolute Gasteiger partial charge is 0.114 e. The van der Waals surface area contributed by atoms with Crippen molar-refractivity contribution in [3.63, 3.8) is 0 Å². The highest BCUT2D eigenvalue weighted by Crippen LogP contribution is 2.21. The molecule has 0 bridgehead atoms. The van der Waals surface area contributed by atoms with Gasteiger partial charge in [0.1, 0.15) is 24.4 Å². The minimum atomic E-state index is -1.00. The quantitative estimate of drug-likeness (QED) is 0.333. The first-order valence-electron chi connectivity index (χ1n) is 9.55. The fourth-order valence-electron chi connectivity index (χ4n) is 3.01. The number of aliphatic hydroxyl groups is 3. The number of allylic oxidation sites excluding steroid dienone is 2. The van der Waals surface area contributed by atoms with E-state index >= 15 is 0 Å². The second-order valence-electron chi connectivity index (χ2n) is 6.59. The van der Waals surface area contributed by atoms with Crippen LogP contribution < -0.4 is 0 Å². The summed E-state index contributed by atoms with van der Waals surface area (Å²) in [6.07, 6.45) is 12.4. The molecule has 1 saturated heterocycles. The third kappa shape index (κ3) is 8.58. The minimum absolute atomic E-state index is 0.153. The molecule has 0 spiro atoms. The summed E-state index contributed by atoms with van der Waals surface area (Å²) in [6.45, 7) is 2.49. The van der Waals surface area contributed by atoms with E-state index in [0.29, 0.717) is 6.61 Å². The average molecular weight is 344 g/mol. The molecule has 24 heavy (non-hydrogen) atoms. The molecule has 3 N–H and O–H groups in total. The van der Waals surface area contributed by atoms with E-state index < -0.39 is 24.4 Å². The summed E-state index contributed by atoms with van der Waals surface area (Å²) in [5, 5.41) is 28.5. The van der Waals surface area contributed by atoms with Gasteiger partial charge in [-0.1, -0.05) is 51.2 Å². The zero-order valence-corrected chi connectivity index (χ0v) is 15.1. The summed E-state index contributed by atoms with van der Waals surface area (Å²) in [6, 6.07) is 0. The van der Waals surface area contributed by atoms with Crippen LogP contribution in [0, 0.1) is 0 Å². The van der Waals surface area contributed by atoms with Crippen molar-refractivity contribution >= 4 is 0 Å². The molecule has 1 aliphatic rings. The molecule has 0 aromatic carbocycles. The number of ether oxygens (including phenoxy) is 2. The maximum atomic E-state index is 9.83.